The Morgan fingerprint density at radius 1 is 0.519 bits per heavy atom. The van der Waals surface area contributed by atoms with Gasteiger partial charge >= 0.3 is 17.9 Å². The normalized spacial score (nSPS) is 15.0. The first kappa shape index (κ1) is 68.8. The van der Waals surface area contributed by atoms with Crippen molar-refractivity contribution >= 4 is 82.9 Å². The Bertz CT molecular complexity index is 2370. The van der Waals surface area contributed by atoms with E-state index in [0.29, 0.717) is 12.0 Å². The van der Waals surface area contributed by atoms with Crippen LogP contribution in [0.5, 0.6) is 0 Å². The zero-order chi connectivity index (χ0) is 60.5. The van der Waals surface area contributed by atoms with Gasteiger partial charge in [-0.2, -0.15) is 0 Å². The predicted molar refractivity (Wildman–Crippen MR) is 280 cm³/mol. The molecular formula is C50H78N12O17. The smallest absolute Gasteiger partial charge is 0.326 e. The summed E-state index contributed by atoms with van der Waals surface area (Å²) in [4.78, 5) is 180. The summed E-state index contributed by atoms with van der Waals surface area (Å²) in [6.07, 6.45) is -3.86. The Morgan fingerprint density at radius 3 is 1.42 bits per heavy atom. The zero-order valence-corrected chi connectivity index (χ0v) is 45.6. The number of rotatable bonds is 36. The number of carbonyl (C=O) groups excluding carboxylic acids is 11. The van der Waals surface area contributed by atoms with E-state index in [1.165, 1.54) is 20.8 Å². The van der Waals surface area contributed by atoms with Crippen molar-refractivity contribution < 1.29 is 82.4 Å². The summed E-state index contributed by atoms with van der Waals surface area (Å²) in [6.45, 7) is 11.8. The topological polar surface area (TPSA) is 486 Å². The predicted octanol–water partition coefficient (Wildman–Crippen LogP) is -3.58. The maximum absolute atomic E-state index is 13.8. The molecule has 11 amide bonds. The number of carboxylic acids is 3. The standard InChI is InChI=1S/C50H78N12O17/c1-9-25(4)39(48(77)78)61-46(75)33(22-28-13-11-10-12-14-28)59-41(70)27(6)55-49(79)50(7,8)62-47(76)32(16-19-36(53)64)56-40(69)26(5)54-43(72)30(15-18-35(52)63)57-44(73)31(17-20-37(65)66)58-45(74)34(23-38(67)68)60-42(71)29(51)21-24(2)3/h10-14,24-27,29-34,39H,9,15-23,51H2,1-8H3,(H2,52,63)(H2,53,64)(H,54,72)(H,55,79)(H,56,69)(H,57,73)(H,58,74)(H,59,70)(H,60,71)(H,61,75)(H,62,76)(H,65,66)(H,67,68)(H,77,78)/t25-,26-,27-,29-,30-,31-,32-,33-,34-,39-/m0/s1. The molecular weight excluding hydrogens is 1040 g/mol. The van der Waals surface area contributed by atoms with Gasteiger partial charge < -0.3 is 80.4 Å². The second-order valence-corrected chi connectivity index (χ2v) is 20.0. The van der Waals surface area contributed by atoms with Crippen LogP contribution in [-0.2, 0) is 73.5 Å². The Morgan fingerprint density at radius 2 is 0.949 bits per heavy atom. The highest BCUT2D eigenvalue weighted by atomic mass is 16.4. The minimum Gasteiger partial charge on any atom is -0.481 e. The molecule has 0 radical (unpaired) electrons. The number of primary amides is 2. The lowest BCUT2D eigenvalue weighted by Crippen LogP contribution is -2.63. The Kier molecular flexibility index (Phi) is 28.9. The van der Waals surface area contributed by atoms with E-state index in [0.717, 1.165) is 6.92 Å². The SMILES string of the molecule is CC[C@H](C)[C@H](NC(=O)[C@H](Cc1ccccc1)NC(=O)[C@H](C)NC(=O)C(C)(C)NC(=O)[C@H](CCC(N)=O)NC(=O)[C@H](C)NC(=O)[C@H](CCC(N)=O)NC(=O)[C@H](CCC(=O)O)NC(=O)[C@H](CC(=O)O)NC(=O)[C@@H](N)CC(C)C)C(=O)O. The molecule has 0 fully saturated rings. The van der Waals surface area contributed by atoms with Gasteiger partial charge in [0.1, 0.15) is 53.9 Å². The number of carbonyl (C=O) groups is 14. The minimum absolute atomic E-state index is 0.0587. The van der Waals surface area contributed by atoms with Gasteiger partial charge in [0.15, 0.2) is 0 Å². The average molecular weight is 1120 g/mol. The summed E-state index contributed by atoms with van der Waals surface area (Å²) < 4.78 is 0. The van der Waals surface area contributed by atoms with E-state index < -0.39 is 194 Å². The van der Waals surface area contributed by atoms with Crippen LogP contribution in [0.1, 0.15) is 119 Å². The van der Waals surface area contributed by atoms with E-state index in [1.807, 2.05) is 0 Å². The summed E-state index contributed by atoms with van der Waals surface area (Å²) in [5, 5.41) is 49.8. The second-order valence-electron chi connectivity index (χ2n) is 20.0. The summed E-state index contributed by atoms with van der Waals surface area (Å²) in [6, 6.07) is -5.13. The minimum atomic E-state index is -1.87. The second kappa shape index (κ2) is 33.1. The maximum atomic E-state index is 13.8. The first-order valence-corrected chi connectivity index (χ1v) is 25.5. The fourth-order valence-corrected chi connectivity index (χ4v) is 7.33. The van der Waals surface area contributed by atoms with Crippen molar-refractivity contribution in [1.29, 1.82) is 0 Å². The molecule has 0 saturated carbocycles. The molecule has 79 heavy (non-hydrogen) atoms. The molecule has 440 valence electrons. The lowest BCUT2D eigenvalue weighted by molar-refractivity contribution is -0.144. The van der Waals surface area contributed by atoms with Gasteiger partial charge in [-0.1, -0.05) is 64.4 Å². The number of nitrogens with two attached hydrogens (primary N) is 3. The molecule has 0 unspecified atom stereocenters. The summed E-state index contributed by atoms with van der Waals surface area (Å²) in [5.74, 6) is -15.9. The van der Waals surface area contributed by atoms with Crippen LogP contribution in [0.2, 0.25) is 0 Å². The maximum Gasteiger partial charge on any atom is 0.326 e. The fourth-order valence-electron chi connectivity index (χ4n) is 7.33. The van der Waals surface area contributed by atoms with Crippen LogP contribution in [0.3, 0.4) is 0 Å². The first-order valence-electron chi connectivity index (χ1n) is 25.5. The van der Waals surface area contributed by atoms with Crippen molar-refractivity contribution in [2.75, 3.05) is 0 Å². The Hall–Kier alpha value is -8.24. The molecule has 1 aromatic carbocycles. The molecule has 0 saturated heterocycles. The molecule has 0 aliphatic rings. The van der Waals surface area contributed by atoms with Crippen molar-refractivity contribution in [1.82, 2.24) is 47.9 Å². The van der Waals surface area contributed by atoms with Crippen LogP contribution in [0.4, 0.5) is 0 Å². The quantitative estimate of drug-likeness (QED) is 0.0309. The molecule has 29 nitrogen and oxygen atoms in total. The highest BCUT2D eigenvalue weighted by molar-refractivity contribution is 6.00. The van der Waals surface area contributed by atoms with Gasteiger partial charge in [-0.15, -0.1) is 0 Å². The Labute approximate surface area is 456 Å². The van der Waals surface area contributed by atoms with E-state index >= 15 is 0 Å². The van der Waals surface area contributed by atoms with Crippen molar-refractivity contribution in [2.24, 2.45) is 29.0 Å². The number of benzene rings is 1. The van der Waals surface area contributed by atoms with Gasteiger partial charge in [-0.3, -0.25) is 62.3 Å². The molecule has 0 bridgehead atoms. The van der Waals surface area contributed by atoms with Crippen LogP contribution < -0.4 is 65.1 Å². The molecule has 0 aromatic heterocycles. The number of hydrogen-bond donors (Lipinski definition) is 15. The number of nitrogens with one attached hydrogen (secondary N) is 9. The van der Waals surface area contributed by atoms with Crippen molar-refractivity contribution in [3.05, 3.63) is 35.9 Å². The van der Waals surface area contributed by atoms with Crippen molar-refractivity contribution in [2.45, 2.75) is 180 Å². The van der Waals surface area contributed by atoms with E-state index in [-0.39, 0.29) is 18.8 Å². The zero-order valence-electron chi connectivity index (χ0n) is 45.6. The molecule has 29 heteroatoms. The highest BCUT2D eigenvalue weighted by Crippen LogP contribution is 2.13. The number of amides is 11. The average Bonchev–Trinajstić information content (AvgIpc) is 3.35. The highest BCUT2D eigenvalue weighted by Gasteiger charge is 2.38. The summed E-state index contributed by atoms with van der Waals surface area (Å²) in [7, 11) is 0. The van der Waals surface area contributed by atoms with Gasteiger partial charge in [-0.25, -0.2) is 4.79 Å². The monoisotopic (exact) mass is 1120 g/mol. The van der Waals surface area contributed by atoms with Gasteiger partial charge in [0.05, 0.1) is 12.5 Å². The van der Waals surface area contributed by atoms with Crippen molar-refractivity contribution in [3.63, 3.8) is 0 Å². The van der Waals surface area contributed by atoms with Crippen molar-refractivity contribution in [3.8, 4) is 0 Å². The largest absolute Gasteiger partial charge is 0.481 e. The van der Waals surface area contributed by atoms with Crippen LogP contribution in [0, 0.1) is 11.8 Å². The van der Waals surface area contributed by atoms with Gasteiger partial charge in [0.25, 0.3) is 0 Å². The lowest BCUT2D eigenvalue weighted by atomic mass is 9.98. The third-order valence-electron chi connectivity index (χ3n) is 12.2. The molecule has 0 aliphatic heterocycles. The molecule has 1 rings (SSSR count). The van der Waals surface area contributed by atoms with Crippen LogP contribution in [0.15, 0.2) is 30.3 Å². The van der Waals surface area contributed by atoms with Crippen LogP contribution >= 0.6 is 0 Å². The van der Waals surface area contributed by atoms with Crippen LogP contribution in [-0.4, -0.2) is 158 Å². The molecule has 18 N–H and O–H groups in total. The first-order chi connectivity index (χ1) is 36.7. The summed E-state index contributed by atoms with van der Waals surface area (Å²) in [5.41, 5.74) is 15.3. The van der Waals surface area contributed by atoms with E-state index in [1.54, 1.807) is 58.0 Å². The van der Waals surface area contributed by atoms with Gasteiger partial charge in [-0.05, 0) is 70.8 Å². The third kappa shape index (κ3) is 25.6. The third-order valence-corrected chi connectivity index (χ3v) is 12.2. The molecule has 0 heterocycles. The lowest BCUT2D eigenvalue weighted by Gasteiger charge is -2.30. The number of carboxylic acid groups (broad SMARTS) is 3. The number of hydrogen-bond acceptors (Lipinski definition) is 15. The number of aliphatic carboxylic acids is 3. The molecule has 10 atom stereocenters. The van der Waals surface area contributed by atoms with E-state index in [9.17, 15) is 82.4 Å². The van der Waals surface area contributed by atoms with E-state index in [4.69, 9.17) is 17.2 Å². The van der Waals surface area contributed by atoms with E-state index in [2.05, 4.69) is 47.9 Å². The molecule has 0 spiro atoms. The van der Waals surface area contributed by atoms with Gasteiger partial charge in [0, 0.05) is 25.7 Å². The summed E-state index contributed by atoms with van der Waals surface area (Å²) >= 11 is 0. The molecule has 0 aliphatic carbocycles. The molecule has 1 aromatic rings. The Balaban J connectivity index is 3.31. The fraction of sp³-hybridized carbons (Fsp3) is 0.600. The van der Waals surface area contributed by atoms with Gasteiger partial charge in [0.2, 0.25) is 65.0 Å². The van der Waals surface area contributed by atoms with Crippen LogP contribution in [0.25, 0.3) is 0 Å².